The normalized spacial score (nSPS) is 20.8. The number of carbonyl (C=O) groups is 2. The van der Waals surface area contributed by atoms with E-state index in [9.17, 15) is 19.7 Å². The highest BCUT2D eigenvalue weighted by atomic mass is 16.6. The molecule has 0 aromatic heterocycles. The molecule has 9 heteroatoms. The minimum absolute atomic E-state index is 0.0587. The Labute approximate surface area is 131 Å². The number of hydrogen-bond acceptors (Lipinski definition) is 6. The van der Waals surface area contributed by atoms with Gasteiger partial charge in [-0.25, -0.2) is 4.79 Å². The van der Waals surface area contributed by atoms with Crippen LogP contribution in [0.3, 0.4) is 0 Å². The second-order valence-corrected chi connectivity index (χ2v) is 5.12. The highest BCUT2D eigenvalue weighted by Gasteiger charge is 2.32. The fourth-order valence-electron chi connectivity index (χ4n) is 2.21. The predicted octanol–water partition coefficient (Wildman–Crippen LogP) is 0.674. The van der Waals surface area contributed by atoms with Gasteiger partial charge in [-0.2, -0.15) is 0 Å². The zero-order valence-corrected chi connectivity index (χ0v) is 12.4. The second kappa shape index (κ2) is 7.05. The minimum atomic E-state index is -1.13. The van der Waals surface area contributed by atoms with Crippen LogP contribution in [0.1, 0.15) is 6.92 Å². The Hall–Kier alpha value is -2.68. The number of nitro groups is 1. The Morgan fingerprint density at radius 1 is 1.48 bits per heavy atom. The first-order chi connectivity index (χ1) is 10.9. The summed E-state index contributed by atoms with van der Waals surface area (Å²) in [4.78, 5) is 34.6. The Kier molecular flexibility index (Phi) is 5.12. The maximum Gasteiger partial charge on any atom is 0.334 e. The van der Waals surface area contributed by atoms with E-state index in [4.69, 9.17) is 14.6 Å². The Morgan fingerprint density at radius 3 is 2.87 bits per heavy atom. The lowest BCUT2D eigenvalue weighted by Crippen LogP contribution is -2.52. The molecule has 124 valence electrons. The van der Waals surface area contributed by atoms with Crippen LogP contribution in [-0.2, 0) is 14.3 Å². The van der Waals surface area contributed by atoms with Crippen molar-refractivity contribution < 1.29 is 29.1 Å². The Balaban J connectivity index is 1.95. The van der Waals surface area contributed by atoms with Gasteiger partial charge in [-0.15, -0.1) is 0 Å². The molecule has 0 saturated carbocycles. The summed E-state index contributed by atoms with van der Waals surface area (Å²) < 4.78 is 10.5. The highest BCUT2D eigenvalue weighted by Crippen LogP contribution is 2.19. The van der Waals surface area contributed by atoms with Gasteiger partial charge in [0.15, 0.2) is 12.7 Å². The zero-order chi connectivity index (χ0) is 17.0. The van der Waals surface area contributed by atoms with E-state index in [2.05, 4.69) is 0 Å². The van der Waals surface area contributed by atoms with Crippen molar-refractivity contribution in [2.45, 2.75) is 19.1 Å². The summed E-state index contributed by atoms with van der Waals surface area (Å²) >= 11 is 0. The molecule has 1 aromatic rings. The van der Waals surface area contributed by atoms with Crippen LogP contribution in [0.5, 0.6) is 5.75 Å². The third kappa shape index (κ3) is 4.39. The predicted molar refractivity (Wildman–Crippen MR) is 77.1 cm³/mol. The quantitative estimate of drug-likeness (QED) is 0.624. The molecule has 1 N–H and O–H groups in total. The fourth-order valence-corrected chi connectivity index (χ4v) is 2.21. The first-order valence-electron chi connectivity index (χ1n) is 6.90. The molecule has 1 fully saturated rings. The smallest absolute Gasteiger partial charge is 0.334 e. The molecule has 2 rings (SSSR count). The van der Waals surface area contributed by atoms with Crippen LogP contribution in [0, 0.1) is 10.1 Å². The van der Waals surface area contributed by atoms with E-state index in [1.807, 2.05) is 0 Å². The summed E-state index contributed by atoms with van der Waals surface area (Å²) in [5.74, 6) is -1.34. The lowest BCUT2D eigenvalue weighted by molar-refractivity contribution is -0.384. The molecule has 9 nitrogen and oxygen atoms in total. The van der Waals surface area contributed by atoms with Crippen molar-refractivity contribution in [3.63, 3.8) is 0 Å². The van der Waals surface area contributed by atoms with E-state index in [0.29, 0.717) is 0 Å². The first-order valence-corrected chi connectivity index (χ1v) is 6.90. The third-order valence-corrected chi connectivity index (χ3v) is 3.28. The number of carboxylic acids is 1. The first kappa shape index (κ1) is 16.7. The SMILES string of the molecule is C[C@@H]1CN(C(=O)COc2cccc([N+](=O)[O-])c2)CC(C(=O)O)O1. The number of non-ortho nitro benzene ring substituents is 1. The minimum Gasteiger partial charge on any atom is -0.484 e. The number of carboxylic acid groups (broad SMARTS) is 1. The summed E-state index contributed by atoms with van der Waals surface area (Å²) in [6.45, 7) is 1.55. The molecule has 0 aliphatic carbocycles. The lowest BCUT2D eigenvalue weighted by Gasteiger charge is -2.34. The number of hydrogen-bond donors (Lipinski definition) is 1. The number of nitrogens with zero attached hydrogens (tertiary/aromatic N) is 2. The van der Waals surface area contributed by atoms with Crippen molar-refractivity contribution in [3.05, 3.63) is 34.4 Å². The van der Waals surface area contributed by atoms with Gasteiger partial charge >= 0.3 is 5.97 Å². The zero-order valence-electron chi connectivity index (χ0n) is 12.4. The van der Waals surface area contributed by atoms with Crippen molar-refractivity contribution in [3.8, 4) is 5.75 Å². The van der Waals surface area contributed by atoms with Gasteiger partial charge in [0.2, 0.25) is 0 Å². The van der Waals surface area contributed by atoms with Gasteiger partial charge < -0.3 is 19.5 Å². The number of carbonyl (C=O) groups excluding carboxylic acids is 1. The molecule has 1 aliphatic rings. The molecule has 2 atom stereocenters. The molecule has 0 spiro atoms. The summed E-state index contributed by atoms with van der Waals surface area (Å²) in [5.41, 5.74) is -0.138. The summed E-state index contributed by atoms with van der Waals surface area (Å²) in [6.07, 6.45) is -1.47. The van der Waals surface area contributed by atoms with Crippen LogP contribution in [-0.4, -0.2) is 58.7 Å². The van der Waals surface area contributed by atoms with Gasteiger partial charge in [0.1, 0.15) is 5.75 Å². The van der Waals surface area contributed by atoms with Crippen LogP contribution in [0.4, 0.5) is 5.69 Å². The molecule has 1 heterocycles. The van der Waals surface area contributed by atoms with Gasteiger partial charge in [0.05, 0.1) is 23.6 Å². The van der Waals surface area contributed by atoms with Gasteiger partial charge in [0.25, 0.3) is 11.6 Å². The molecule has 1 aromatic carbocycles. The number of rotatable bonds is 5. The van der Waals surface area contributed by atoms with Crippen molar-refractivity contribution in [2.75, 3.05) is 19.7 Å². The molecule has 1 aliphatic heterocycles. The fraction of sp³-hybridized carbons (Fsp3) is 0.429. The summed E-state index contributed by atoms with van der Waals surface area (Å²) in [5, 5.41) is 19.7. The number of benzene rings is 1. The van der Waals surface area contributed by atoms with E-state index in [0.717, 1.165) is 0 Å². The summed E-state index contributed by atoms with van der Waals surface area (Å²) in [7, 11) is 0. The molecular formula is C14H16N2O7. The summed E-state index contributed by atoms with van der Waals surface area (Å²) in [6, 6.07) is 5.49. The average molecular weight is 324 g/mol. The topological polar surface area (TPSA) is 119 Å². The van der Waals surface area contributed by atoms with E-state index >= 15 is 0 Å². The molecule has 1 amide bonds. The van der Waals surface area contributed by atoms with Crippen LogP contribution in [0.25, 0.3) is 0 Å². The monoisotopic (exact) mass is 324 g/mol. The standard InChI is InChI=1S/C14H16N2O7/c1-9-6-15(7-12(23-9)14(18)19)13(17)8-22-11-4-2-3-10(5-11)16(20)21/h2-5,9,12H,6-8H2,1H3,(H,18,19)/t9-,12?/m1/s1. The Morgan fingerprint density at radius 2 is 2.22 bits per heavy atom. The van der Waals surface area contributed by atoms with Gasteiger partial charge in [-0.3, -0.25) is 14.9 Å². The third-order valence-electron chi connectivity index (χ3n) is 3.28. The number of amides is 1. The molecule has 23 heavy (non-hydrogen) atoms. The Bertz CT molecular complexity index is 619. The molecule has 1 unspecified atom stereocenters. The number of aliphatic carboxylic acids is 1. The number of ether oxygens (including phenoxy) is 2. The number of morpholine rings is 1. The van der Waals surface area contributed by atoms with Crippen LogP contribution in [0.2, 0.25) is 0 Å². The van der Waals surface area contributed by atoms with Gasteiger partial charge in [-0.05, 0) is 13.0 Å². The van der Waals surface area contributed by atoms with Crippen LogP contribution in [0.15, 0.2) is 24.3 Å². The molecule has 0 radical (unpaired) electrons. The second-order valence-electron chi connectivity index (χ2n) is 5.12. The lowest BCUT2D eigenvalue weighted by atomic mass is 10.2. The van der Waals surface area contributed by atoms with Crippen molar-refractivity contribution in [1.82, 2.24) is 4.90 Å². The molecule has 1 saturated heterocycles. The van der Waals surface area contributed by atoms with Gasteiger partial charge in [-0.1, -0.05) is 6.07 Å². The maximum atomic E-state index is 12.1. The van der Waals surface area contributed by atoms with E-state index in [1.54, 1.807) is 6.92 Å². The van der Waals surface area contributed by atoms with Gasteiger partial charge in [0, 0.05) is 12.6 Å². The van der Waals surface area contributed by atoms with Crippen LogP contribution >= 0.6 is 0 Å². The average Bonchev–Trinajstić information content (AvgIpc) is 2.52. The largest absolute Gasteiger partial charge is 0.484 e. The highest BCUT2D eigenvalue weighted by molar-refractivity contribution is 5.80. The number of nitro benzene ring substituents is 1. The van der Waals surface area contributed by atoms with E-state index in [1.165, 1.54) is 29.2 Å². The van der Waals surface area contributed by atoms with Crippen molar-refractivity contribution in [2.24, 2.45) is 0 Å². The molecular weight excluding hydrogens is 308 g/mol. The van der Waals surface area contributed by atoms with Crippen molar-refractivity contribution >= 4 is 17.6 Å². The van der Waals surface area contributed by atoms with Crippen molar-refractivity contribution in [1.29, 1.82) is 0 Å². The maximum absolute atomic E-state index is 12.1. The van der Waals surface area contributed by atoms with Crippen LogP contribution < -0.4 is 4.74 Å². The molecule has 0 bridgehead atoms. The van der Waals surface area contributed by atoms with E-state index in [-0.39, 0.29) is 31.1 Å². The van der Waals surface area contributed by atoms with E-state index < -0.39 is 29.0 Å².